The van der Waals surface area contributed by atoms with Crippen molar-refractivity contribution in [3.63, 3.8) is 0 Å². The molecule has 3 fully saturated rings. The first-order valence-corrected chi connectivity index (χ1v) is 12.0. The number of fused-ring (bicyclic) bond motifs is 1. The standard InChI is InChI=1S/C24H34N6O2/c1-16-14-30(13-12-29(16)15-17-8-10-25-11-9-17)20-5-3-4-18-22(27-28(2)23(18)20)19-6-7-21(31)26-24(19)32/h3-5,16-17,19,25H,6-15H2,1-2H3,(H,26,31,32)/t16-,19?/m1/s1. The van der Waals surface area contributed by atoms with Crippen LogP contribution < -0.4 is 15.5 Å². The van der Waals surface area contributed by atoms with Gasteiger partial charge in [-0.05, 0) is 51.3 Å². The lowest BCUT2D eigenvalue weighted by atomic mass is 9.92. The van der Waals surface area contributed by atoms with Gasteiger partial charge in [-0.2, -0.15) is 5.10 Å². The van der Waals surface area contributed by atoms with E-state index >= 15 is 0 Å². The van der Waals surface area contributed by atoms with Crippen LogP contribution >= 0.6 is 0 Å². The fourth-order valence-electron chi connectivity index (χ4n) is 5.69. The van der Waals surface area contributed by atoms with E-state index in [4.69, 9.17) is 5.10 Å². The summed E-state index contributed by atoms with van der Waals surface area (Å²) in [5, 5.41) is 11.7. The number of para-hydroxylation sites is 1. The fraction of sp³-hybridized carbons (Fsp3) is 0.625. The number of aromatic nitrogens is 2. The number of piperazine rings is 1. The molecule has 32 heavy (non-hydrogen) atoms. The Hall–Kier alpha value is -2.45. The molecule has 3 aliphatic heterocycles. The molecule has 0 bridgehead atoms. The lowest BCUT2D eigenvalue weighted by Crippen LogP contribution is -2.53. The zero-order chi connectivity index (χ0) is 22.2. The Balaban J connectivity index is 1.36. The van der Waals surface area contributed by atoms with Gasteiger partial charge in [-0.1, -0.05) is 12.1 Å². The van der Waals surface area contributed by atoms with Gasteiger partial charge < -0.3 is 10.2 Å². The molecule has 3 saturated heterocycles. The van der Waals surface area contributed by atoms with Crippen molar-refractivity contribution >= 4 is 28.4 Å². The number of anilines is 1. The number of imide groups is 1. The predicted molar refractivity (Wildman–Crippen MR) is 125 cm³/mol. The zero-order valence-corrected chi connectivity index (χ0v) is 19.1. The van der Waals surface area contributed by atoms with Crippen LogP contribution in [0.4, 0.5) is 5.69 Å². The van der Waals surface area contributed by atoms with E-state index in [2.05, 4.69) is 45.6 Å². The fourth-order valence-corrected chi connectivity index (χ4v) is 5.69. The molecule has 172 valence electrons. The number of piperidine rings is 2. The summed E-state index contributed by atoms with van der Waals surface area (Å²) in [6.07, 6.45) is 3.45. The van der Waals surface area contributed by atoms with Crippen molar-refractivity contribution < 1.29 is 9.59 Å². The van der Waals surface area contributed by atoms with Crippen molar-refractivity contribution in [1.29, 1.82) is 0 Å². The SMILES string of the molecule is C[C@@H]1CN(c2cccc3c(C4CCC(=O)NC4=O)nn(C)c23)CCN1CC1CCNCC1. The number of nitrogens with zero attached hydrogens (tertiary/aromatic N) is 4. The number of hydrogen-bond donors (Lipinski definition) is 2. The molecule has 0 aliphatic carbocycles. The highest BCUT2D eigenvalue weighted by Crippen LogP contribution is 2.35. The Labute approximate surface area is 189 Å². The number of carbonyl (C=O) groups excluding carboxylic acids is 2. The quantitative estimate of drug-likeness (QED) is 0.706. The molecule has 2 N–H and O–H groups in total. The number of carbonyl (C=O) groups is 2. The maximum atomic E-state index is 12.5. The lowest BCUT2D eigenvalue weighted by Gasteiger charge is -2.43. The van der Waals surface area contributed by atoms with Crippen molar-refractivity contribution in [2.24, 2.45) is 13.0 Å². The van der Waals surface area contributed by atoms with Crippen LogP contribution in [0.15, 0.2) is 18.2 Å². The third-order valence-electron chi connectivity index (χ3n) is 7.50. The summed E-state index contributed by atoms with van der Waals surface area (Å²) in [4.78, 5) is 29.2. The minimum absolute atomic E-state index is 0.191. The van der Waals surface area contributed by atoms with Crippen molar-refractivity contribution in [3.8, 4) is 0 Å². The van der Waals surface area contributed by atoms with Crippen LogP contribution in [-0.2, 0) is 16.6 Å². The van der Waals surface area contributed by atoms with Crippen LogP contribution in [-0.4, -0.2) is 71.8 Å². The zero-order valence-electron chi connectivity index (χ0n) is 19.1. The molecule has 1 aromatic carbocycles. The molecular weight excluding hydrogens is 404 g/mol. The molecule has 0 radical (unpaired) electrons. The maximum absolute atomic E-state index is 12.5. The van der Waals surface area contributed by atoms with Crippen LogP contribution in [0.3, 0.4) is 0 Å². The summed E-state index contributed by atoms with van der Waals surface area (Å²) in [5.41, 5.74) is 3.04. The molecule has 8 heteroatoms. The first kappa shape index (κ1) is 21.4. The van der Waals surface area contributed by atoms with Gasteiger partial charge in [-0.25, -0.2) is 0 Å². The van der Waals surface area contributed by atoms with Crippen molar-refractivity contribution in [1.82, 2.24) is 25.3 Å². The average molecular weight is 439 g/mol. The van der Waals surface area contributed by atoms with E-state index in [0.717, 1.165) is 55.2 Å². The molecule has 4 heterocycles. The molecule has 1 aromatic heterocycles. The van der Waals surface area contributed by atoms with E-state index in [-0.39, 0.29) is 17.7 Å². The largest absolute Gasteiger partial charge is 0.367 e. The Morgan fingerprint density at radius 3 is 2.69 bits per heavy atom. The average Bonchev–Trinajstić information content (AvgIpc) is 3.12. The van der Waals surface area contributed by atoms with Crippen LogP contribution in [0, 0.1) is 5.92 Å². The summed E-state index contributed by atoms with van der Waals surface area (Å²) >= 11 is 0. The van der Waals surface area contributed by atoms with E-state index < -0.39 is 0 Å². The third-order valence-corrected chi connectivity index (χ3v) is 7.50. The number of hydrogen-bond acceptors (Lipinski definition) is 6. The van der Waals surface area contributed by atoms with Gasteiger partial charge in [0.05, 0.1) is 22.8 Å². The third kappa shape index (κ3) is 4.01. The molecule has 2 amide bonds. The number of aryl methyl sites for hydroxylation is 1. The summed E-state index contributed by atoms with van der Waals surface area (Å²) in [7, 11) is 1.96. The van der Waals surface area contributed by atoms with Crippen molar-refractivity contribution in [3.05, 3.63) is 23.9 Å². The first-order valence-electron chi connectivity index (χ1n) is 12.0. The normalized spacial score (nSPS) is 26.0. The second-order valence-electron chi connectivity index (χ2n) is 9.67. The van der Waals surface area contributed by atoms with E-state index in [1.165, 1.54) is 25.1 Å². The van der Waals surface area contributed by atoms with Crippen molar-refractivity contribution in [2.45, 2.75) is 44.6 Å². The molecule has 5 rings (SSSR count). The monoisotopic (exact) mass is 438 g/mol. The van der Waals surface area contributed by atoms with E-state index in [1.54, 1.807) is 0 Å². The molecular formula is C24H34N6O2. The molecule has 2 atom stereocenters. The minimum atomic E-state index is -0.368. The Morgan fingerprint density at radius 1 is 1.12 bits per heavy atom. The van der Waals surface area contributed by atoms with Gasteiger partial charge in [0.15, 0.2) is 0 Å². The number of benzene rings is 1. The minimum Gasteiger partial charge on any atom is -0.367 e. The number of amides is 2. The van der Waals surface area contributed by atoms with Gasteiger partial charge in [-0.3, -0.25) is 24.5 Å². The summed E-state index contributed by atoms with van der Waals surface area (Å²) in [5.74, 6) is 0.0181. The highest BCUT2D eigenvalue weighted by molar-refractivity contribution is 6.03. The number of nitrogens with one attached hydrogen (secondary N) is 2. The van der Waals surface area contributed by atoms with E-state index in [1.807, 2.05) is 11.7 Å². The van der Waals surface area contributed by atoms with Crippen LogP contribution in [0.2, 0.25) is 0 Å². The van der Waals surface area contributed by atoms with Crippen LogP contribution in [0.25, 0.3) is 10.9 Å². The summed E-state index contributed by atoms with van der Waals surface area (Å²) < 4.78 is 1.91. The molecule has 0 spiro atoms. The molecule has 0 saturated carbocycles. The first-order chi connectivity index (χ1) is 15.5. The Bertz CT molecular complexity index is 1010. The molecule has 3 aliphatic rings. The Kier molecular flexibility index (Phi) is 5.90. The van der Waals surface area contributed by atoms with Crippen LogP contribution in [0.5, 0.6) is 0 Å². The Morgan fingerprint density at radius 2 is 1.94 bits per heavy atom. The highest BCUT2D eigenvalue weighted by Gasteiger charge is 2.33. The second-order valence-corrected chi connectivity index (χ2v) is 9.67. The van der Waals surface area contributed by atoms with Crippen LogP contribution in [0.1, 0.15) is 44.2 Å². The van der Waals surface area contributed by atoms with E-state index in [0.29, 0.717) is 18.9 Å². The highest BCUT2D eigenvalue weighted by atomic mass is 16.2. The maximum Gasteiger partial charge on any atom is 0.235 e. The molecule has 2 aromatic rings. The predicted octanol–water partition coefficient (Wildman–Crippen LogP) is 1.60. The number of rotatable bonds is 4. The van der Waals surface area contributed by atoms with Gasteiger partial charge in [-0.15, -0.1) is 0 Å². The van der Waals surface area contributed by atoms with Gasteiger partial charge in [0.1, 0.15) is 0 Å². The topological polar surface area (TPSA) is 82.5 Å². The smallest absolute Gasteiger partial charge is 0.235 e. The molecule has 1 unspecified atom stereocenters. The summed E-state index contributed by atoms with van der Waals surface area (Å²) in [6.45, 7) is 8.89. The van der Waals surface area contributed by atoms with Crippen molar-refractivity contribution in [2.75, 3.05) is 44.2 Å². The summed E-state index contributed by atoms with van der Waals surface area (Å²) in [6, 6.07) is 6.80. The van der Waals surface area contributed by atoms with E-state index in [9.17, 15) is 9.59 Å². The van der Waals surface area contributed by atoms with Gasteiger partial charge >= 0.3 is 0 Å². The van der Waals surface area contributed by atoms with Gasteiger partial charge in [0.2, 0.25) is 11.8 Å². The van der Waals surface area contributed by atoms with Gasteiger partial charge in [0.25, 0.3) is 0 Å². The van der Waals surface area contributed by atoms with Gasteiger partial charge in [0, 0.05) is 51.1 Å². The second kappa shape index (κ2) is 8.83. The molecule has 8 nitrogen and oxygen atoms in total. The lowest BCUT2D eigenvalue weighted by molar-refractivity contribution is -0.134.